The molecule has 0 saturated carbocycles. The average molecular weight is 443 g/mol. The number of carbonyl (C=O) groups excluding carboxylic acids is 2. The lowest BCUT2D eigenvalue weighted by Gasteiger charge is -2.10. The highest BCUT2D eigenvalue weighted by molar-refractivity contribution is 7.16. The molecule has 31 heavy (non-hydrogen) atoms. The SMILES string of the molecule is COC(=O)Cn1c(=NC(=O)Cc2c(C)cc(C)cc2C)sc2c(OC)ccc(OC)c21. The number of carbonyl (C=O) groups is 2. The fourth-order valence-electron chi connectivity index (χ4n) is 3.67. The Labute approximate surface area is 184 Å². The summed E-state index contributed by atoms with van der Waals surface area (Å²) in [5.41, 5.74) is 4.87. The van der Waals surface area contributed by atoms with Gasteiger partial charge in [-0.15, -0.1) is 0 Å². The summed E-state index contributed by atoms with van der Waals surface area (Å²) in [6.07, 6.45) is 0.179. The largest absolute Gasteiger partial charge is 0.495 e. The Morgan fingerprint density at radius 1 is 1.00 bits per heavy atom. The van der Waals surface area contributed by atoms with Gasteiger partial charge in [-0.2, -0.15) is 4.99 Å². The molecule has 0 atom stereocenters. The van der Waals surface area contributed by atoms with Crippen LogP contribution in [0.4, 0.5) is 0 Å². The van der Waals surface area contributed by atoms with Gasteiger partial charge in [-0.05, 0) is 49.6 Å². The number of aromatic nitrogens is 1. The molecular formula is C23H26N2O5S. The van der Waals surface area contributed by atoms with Gasteiger partial charge >= 0.3 is 5.97 Å². The fraction of sp³-hybridized carbons (Fsp3) is 0.348. The lowest BCUT2D eigenvalue weighted by atomic mass is 9.97. The Bertz CT molecular complexity index is 1200. The number of esters is 1. The smallest absolute Gasteiger partial charge is 0.325 e. The highest BCUT2D eigenvalue weighted by atomic mass is 32.1. The van der Waals surface area contributed by atoms with E-state index in [1.807, 2.05) is 20.8 Å². The number of thiazole rings is 1. The number of hydrogen-bond donors (Lipinski definition) is 0. The standard InChI is InChI=1S/C23H26N2O5S/c1-13-9-14(2)16(15(3)10-13)11-19(26)24-23-25(12-20(27)30-6)21-17(28-4)7-8-18(29-5)22(21)31-23/h7-10H,11-12H2,1-6H3. The molecule has 1 heterocycles. The molecular weight excluding hydrogens is 416 g/mol. The van der Waals surface area contributed by atoms with Crippen LogP contribution in [0.15, 0.2) is 29.3 Å². The number of nitrogens with zero attached hydrogens (tertiary/aromatic N) is 2. The zero-order valence-corrected chi connectivity index (χ0v) is 19.4. The van der Waals surface area contributed by atoms with Gasteiger partial charge in [-0.25, -0.2) is 0 Å². The molecule has 1 amide bonds. The van der Waals surface area contributed by atoms with Gasteiger partial charge in [-0.3, -0.25) is 9.59 Å². The Kier molecular flexibility index (Phi) is 6.80. The van der Waals surface area contributed by atoms with Crippen LogP contribution in [0.1, 0.15) is 22.3 Å². The quantitative estimate of drug-likeness (QED) is 0.546. The van der Waals surface area contributed by atoms with E-state index in [-0.39, 0.29) is 18.9 Å². The number of ether oxygens (including phenoxy) is 3. The van der Waals surface area contributed by atoms with Gasteiger partial charge in [0.1, 0.15) is 28.3 Å². The minimum absolute atomic E-state index is 0.102. The maximum atomic E-state index is 12.9. The minimum atomic E-state index is -0.455. The van der Waals surface area contributed by atoms with E-state index in [9.17, 15) is 9.59 Å². The van der Waals surface area contributed by atoms with Crippen molar-refractivity contribution in [3.05, 3.63) is 51.3 Å². The van der Waals surface area contributed by atoms with Gasteiger partial charge in [0, 0.05) is 0 Å². The minimum Gasteiger partial charge on any atom is -0.495 e. The second-order valence-corrected chi connectivity index (χ2v) is 8.23. The lowest BCUT2D eigenvalue weighted by Crippen LogP contribution is -2.23. The van der Waals surface area contributed by atoms with Crippen LogP contribution in [-0.4, -0.2) is 37.8 Å². The van der Waals surface area contributed by atoms with Crippen LogP contribution in [0, 0.1) is 20.8 Å². The highest BCUT2D eigenvalue weighted by Gasteiger charge is 2.19. The van der Waals surface area contributed by atoms with Gasteiger partial charge in [0.05, 0.1) is 27.8 Å². The van der Waals surface area contributed by atoms with Crippen molar-refractivity contribution in [2.75, 3.05) is 21.3 Å². The number of fused-ring (bicyclic) bond motifs is 1. The highest BCUT2D eigenvalue weighted by Crippen LogP contribution is 2.35. The summed E-state index contributed by atoms with van der Waals surface area (Å²) in [6, 6.07) is 7.65. The van der Waals surface area contributed by atoms with Crippen LogP contribution in [0.5, 0.6) is 11.5 Å². The molecule has 0 fully saturated rings. The third-order valence-electron chi connectivity index (χ3n) is 5.10. The van der Waals surface area contributed by atoms with Crippen molar-refractivity contribution in [2.24, 2.45) is 4.99 Å². The molecule has 7 nitrogen and oxygen atoms in total. The van der Waals surface area contributed by atoms with Crippen LogP contribution in [0.2, 0.25) is 0 Å². The van der Waals surface area contributed by atoms with Crippen LogP contribution in [0.3, 0.4) is 0 Å². The van der Waals surface area contributed by atoms with Crippen molar-refractivity contribution in [1.82, 2.24) is 4.57 Å². The Morgan fingerprint density at radius 2 is 1.61 bits per heavy atom. The summed E-state index contributed by atoms with van der Waals surface area (Å²) in [7, 11) is 4.43. The zero-order chi connectivity index (χ0) is 22.7. The van der Waals surface area contributed by atoms with E-state index < -0.39 is 5.97 Å². The molecule has 0 aliphatic heterocycles. The summed E-state index contributed by atoms with van der Waals surface area (Å²) in [6.45, 7) is 5.92. The molecule has 3 aromatic rings. The third kappa shape index (κ3) is 4.64. The fourth-order valence-corrected chi connectivity index (χ4v) is 4.82. The van der Waals surface area contributed by atoms with E-state index in [1.165, 1.54) is 18.4 Å². The Hall–Kier alpha value is -3.13. The monoisotopic (exact) mass is 442 g/mol. The molecule has 164 valence electrons. The van der Waals surface area contributed by atoms with Crippen molar-refractivity contribution < 1.29 is 23.8 Å². The molecule has 0 N–H and O–H groups in total. The number of methoxy groups -OCH3 is 3. The van der Waals surface area contributed by atoms with E-state index in [1.54, 1.807) is 30.9 Å². The summed E-state index contributed by atoms with van der Waals surface area (Å²) >= 11 is 1.27. The maximum Gasteiger partial charge on any atom is 0.325 e. The van der Waals surface area contributed by atoms with E-state index >= 15 is 0 Å². The van der Waals surface area contributed by atoms with Crippen LogP contribution in [-0.2, 0) is 27.3 Å². The third-order valence-corrected chi connectivity index (χ3v) is 6.19. The Balaban J connectivity index is 2.16. The van der Waals surface area contributed by atoms with Gasteiger partial charge in [-0.1, -0.05) is 29.0 Å². The molecule has 0 aliphatic carbocycles. The summed E-state index contributed by atoms with van der Waals surface area (Å²) in [5, 5.41) is 0. The zero-order valence-electron chi connectivity index (χ0n) is 18.6. The van der Waals surface area contributed by atoms with Gasteiger partial charge in [0.15, 0.2) is 4.80 Å². The van der Waals surface area contributed by atoms with Crippen molar-refractivity contribution in [3.8, 4) is 11.5 Å². The Morgan fingerprint density at radius 3 is 2.19 bits per heavy atom. The number of hydrogen-bond acceptors (Lipinski definition) is 6. The molecule has 0 spiro atoms. The molecule has 3 rings (SSSR count). The molecule has 0 saturated heterocycles. The predicted octanol–water partition coefficient (Wildman–Crippen LogP) is 3.49. The van der Waals surface area contributed by atoms with Crippen LogP contribution in [0.25, 0.3) is 10.2 Å². The van der Waals surface area contributed by atoms with Gasteiger partial charge < -0.3 is 18.8 Å². The number of benzene rings is 2. The number of amides is 1. The van der Waals surface area contributed by atoms with E-state index in [2.05, 4.69) is 17.1 Å². The number of rotatable bonds is 6. The van der Waals surface area contributed by atoms with Gasteiger partial charge in [0.25, 0.3) is 5.91 Å². The van der Waals surface area contributed by atoms with E-state index in [0.717, 1.165) is 27.0 Å². The van der Waals surface area contributed by atoms with E-state index in [4.69, 9.17) is 14.2 Å². The predicted molar refractivity (Wildman–Crippen MR) is 120 cm³/mol. The lowest BCUT2D eigenvalue weighted by molar-refractivity contribution is -0.141. The molecule has 2 aromatic carbocycles. The average Bonchev–Trinajstić information content (AvgIpc) is 3.07. The second-order valence-electron chi connectivity index (χ2n) is 7.25. The van der Waals surface area contributed by atoms with Crippen molar-refractivity contribution >= 4 is 33.4 Å². The molecule has 0 radical (unpaired) electrons. The first kappa shape index (κ1) is 22.6. The molecule has 8 heteroatoms. The molecule has 0 unspecified atom stereocenters. The molecule has 0 aliphatic rings. The van der Waals surface area contributed by atoms with E-state index in [0.29, 0.717) is 21.8 Å². The van der Waals surface area contributed by atoms with Crippen LogP contribution >= 0.6 is 11.3 Å². The summed E-state index contributed by atoms with van der Waals surface area (Å²) < 4.78 is 18.2. The van der Waals surface area contributed by atoms with Crippen molar-refractivity contribution in [3.63, 3.8) is 0 Å². The van der Waals surface area contributed by atoms with Crippen LogP contribution < -0.4 is 14.3 Å². The summed E-state index contributed by atoms with van der Waals surface area (Å²) in [5.74, 6) is 0.412. The summed E-state index contributed by atoms with van der Waals surface area (Å²) in [4.78, 5) is 29.7. The maximum absolute atomic E-state index is 12.9. The van der Waals surface area contributed by atoms with Crippen molar-refractivity contribution in [2.45, 2.75) is 33.7 Å². The topological polar surface area (TPSA) is 79.1 Å². The second kappa shape index (κ2) is 9.34. The first-order valence-corrected chi connectivity index (χ1v) is 10.6. The van der Waals surface area contributed by atoms with Gasteiger partial charge in [0.2, 0.25) is 0 Å². The molecule has 1 aromatic heterocycles. The number of aryl methyl sites for hydroxylation is 3. The molecule has 0 bridgehead atoms. The first-order chi connectivity index (χ1) is 14.8. The normalized spacial score (nSPS) is 11.6. The van der Waals surface area contributed by atoms with Crippen molar-refractivity contribution in [1.29, 1.82) is 0 Å². The first-order valence-electron chi connectivity index (χ1n) is 9.74.